The molecule has 2 aromatic carbocycles. The van der Waals surface area contributed by atoms with Crippen LogP contribution in [0.2, 0.25) is 10.0 Å². The number of carbonyl (C=O) groups excluding carboxylic acids is 1. The van der Waals surface area contributed by atoms with Crippen LogP contribution >= 0.6 is 34.5 Å². The quantitative estimate of drug-likeness (QED) is 0.101. The molecule has 1 unspecified atom stereocenters. The summed E-state index contributed by atoms with van der Waals surface area (Å²) in [5.74, 6) is 5.21. The minimum atomic E-state index is -4.48. The van der Waals surface area contributed by atoms with Crippen LogP contribution in [0.1, 0.15) is 51.3 Å². The number of halogens is 5. The van der Waals surface area contributed by atoms with Gasteiger partial charge in [-0.2, -0.15) is 27.6 Å². The highest BCUT2D eigenvalue weighted by atomic mass is 35.5. The van der Waals surface area contributed by atoms with E-state index in [-0.39, 0.29) is 29.4 Å². The highest BCUT2D eigenvalue weighted by Crippen LogP contribution is 2.39. The third-order valence-corrected chi connectivity index (χ3v) is 10.6. The van der Waals surface area contributed by atoms with Crippen molar-refractivity contribution in [2.75, 3.05) is 26.2 Å². The van der Waals surface area contributed by atoms with Crippen molar-refractivity contribution in [3.8, 4) is 28.1 Å². The maximum Gasteiger partial charge on any atom is 0.416 e. The van der Waals surface area contributed by atoms with Gasteiger partial charge in [-0.3, -0.25) is 14.8 Å². The summed E-state index contributed by atoms with van der Waals surface area (Å²) in [4.78, 5) is 15.0. The molecule has 50 heavy (non-hydrogen) atoms. The number of carbonyl (C=O) groups is 1. The number of β-amino-alcohol motifs (C(OH)–C–C–N with tert-alkyl or cyclic N) is 1. The molecule has 4 aromatic rings. The second-order valence-electron chi connectivity index (χ2n) is 11.7. The SMILES string of the molecule is O=C(NN1CCCCC1)c1nn(-c2ccc(Cl)cc2Cl)c(-c2ccc(C#Cc3ccc(C(F)(F)F)cc3)s2)c1CN(S(=O)O)C1(O)CN(O)C1. The Hall–Kier alpha value is -3.34. The number of thiophene rings is 1. The van der Waals surface area contributed by atoms with Crippen molar-refractivity contribution in [1.82, 2.24) is 29.6 Å². The first kappa shape index (κ1) is 36.5. The molecule has 2 fully saturated rings. The monoisotopic (exact) mass is 768 g/mol. The van der Waals surface area contributed by atoms with Crippen molar-refractivity contribution < 1.29 is 37.0 Å². The maximum absolute atomic E-state index is 13.9. The fourth-order valence-electron chi connectivity index (χ4n) is 5.66. The number of nitrogens with one attached hydrogen (secondary N) is 1. The van der Waals surface area contributed by atoms with Crippen LogP contribution in [0.15, 0.2) is 54.6 Å². The Morgan fingerprint density at radius 3 is 2.38 bits per heavy atom. The maximum atomic E-state index is 13.9. The number of aromatic nitrogens is 2. The molecule has 1 amide bonds. The molecule has 6 rings (SSSR count). The zero-order valence-electron chi connectivity index (χ0n) is 26.0. The van der Waals surface area contributed by atoms with E-state index in [4.69, 9.17) is 23.2 Å². The van der Waals surface area contributed by atoms with E-state index in [1.54, 1.807) is 29.3 Å². The number of hydroxylamine groups is 2. The van der Waals surface area contributed by atoms with E-state index in [2.05, 4.69) is 22.4 Å². The number of hydrazine groups is 1. The lowest BCUT2D eigenvalue weighted by molar-refractivity contribution is -0.276. The highest BCUT2D eigenvalue weighted by molar-refractivity contribution is 7.76. The van der Waals surface area contributed by atoms with Gasteiger partial charge in [0.2, 0.25) is 11.3 Å². The number of benzene rings is 2. The van der Waals surface area contributed by atoms with Gasteiger partial charge in [0.1, 0.15) is 0 Å². The molecule has 2 saturated heterocycles. The summed E-state index contributed by atoms with van der Waals surface area (Å²) in [6.45, 7) is 0.0551. The van der Waals surface area contributed by atoms with Gasteiger partial charge in [0.05, 0.1) is 44.8 Å². The standard InChI is InChI=1S/C32H29Cl2F3N6O5S2/c33-22-9-12-26(25(34)16-22)43-29(27-13-11-23(49-27)10-6-20-4-7-21(8-5-20)32(35,36)37)24(17-42(50(47)48)31(45)18-41(46)19-31)28(38-43)30(44)39-40-14-2-1-3-15-40/h4-5,7-9,11-13,16,45-46H,1-3,14-15,17-19H2,(H,39,44)(H,47,48). The first-order valence-corrected chi connectivity index (χ1v) is 17.8. The molecule has 0 bridgehead atoms. The van der Waals surface area contributed by atoms with Crippen LogP contribution in [0, 0.1) is 11.8 Å². The van der Waals surface area contributed by atoms with Gasteiger partial charge in [0.25, 0.3) is 5.91 Å². The largest absolute Gasteiger partial charge is 0.416 e. The Morgan fingerprint density at radius 1 is 1.06 bits per heavy atom. The summed E-state index contributed by atoms with van der Waals surface area (Å²) in [7, 11) is 0. The first-order valence-electron chi connectivity index (χ1n) is 15.2. The van der Waals surface area contributed by atoms with Crippen LogP contribution in [0.4, 0.5) is 13.2 Å². The minimum Gasteiger partial charge on any atom is -0.372 e. The smallest absolute Gasteiger partial charge is 0.372 e. The van der Waals surface area contributed by atoms with Gasteiger partial charge < -0.3 is 10.3 Å². The average molecular weight is 770 g/mol. The van der Waals surface area contributed by atoms with Crippen LogP contribution in [-0.4, -0.2) is 81.0 Å². The first-order chi connectivity index (χ1) is 23.7. The molecule has 0 radical (unpaired) electrons. The number of hydrogen-bond donors (Lipinski definition) is 4. The Labute approximate surface area is 301 Å². The van der Waals surface area contributed by atoms with Crippen LogP contribution < -0.4 is 5.43 Å². The van der Waals surface area contributed by atoms with E-state index in [1.807, 2.05) is 0 Å². The number of rotatable bonds is 8. The molecular formula is C32H29Cl2F3N6O5S2. The van der Waals surface area contributed by atoms with Crippen molar-refractivity contribution in [2.45, 2.75) is 37.7 Å². The predicted molar refractivity (Wildman–Crippen MR) is 182 cm³/mol. The van der Waals surface area contributed by atoms with E-state index < -0.39 is 41.2 Å². The van der Waals surface area contributed by atoms with Gasteiger partial charge in [-0.05, 0) is 67.4 Å². The molecular weight excluding hydrogens is 740 g/mol. The summed E-state index contributed by atoms with van der Waals surface area (Å²) < 4.78 is 64.4. The highest BCUT2D eigenvalue weighted by Gasteiger charge is 2.49. The Morgan fingerprint density at radius 2 is 1.76 bits per heavy atom. The molecule has 264 valence electrons. The van der Waals surface area contributed by atoms with Gasteiger partial charge in [-0.15, -0.1) is 11.3 Å². The van der Waals surface area contributed by atoms with Gasteiger partial charge in [-0.1, -0.05) is 41.5 Å². The summed E-state index contributed by atoms with van der Waals surface area (Å²) in [5.41, 5.74) is 1.22. The lowest BCUT2D eigenvalue weighted by Gasteiger charge is -2.47. The number of nitrogens with zero attached hydrogens (tertiary/aromatic N) is 5. The van der Waals surface area contributed by atoms with E-state index in [0.29, 0.717) is 44.8 Å². The third-order valence-electron chi connectivity index (χ3n) is 8.16. The zero-order valence-corrected chi connectivity index (χ0v) is 29.1. The fourth-order valence-corrected chi connectivity index (χ4v) is 7.71. The van der Waals surface area contributed by atoms with Gasteiger partial charge in [-0.25, -0.2) is 13.9 Å². The average Bonchev–Trinajstić information content (AvgIpc) is 3.66. The summed E-state index contributed by atoms with van der Waals surface area (Å²) in [6.07, 6.45) is -1.71. The van der Waals surface area contributed by atoms with Crippen molar-refractivity contribution in [2.24, 2.45) is 0 Å². The molecule has 0 saturated carbocycles. The molecule has 0 aliphatic carbocycles. The predicted octanol–water partition coefficient (Wildman–Crippen LogP) is 5.79. The van der Waals surface area contributed by atoms with Crippen molar-refractivity contribution in [3.63, 3.8) is 0 Å². The van der Waals surface area contributed by atoms with Crippen LogP contribution in [0.25, 0.3) is 16.3 Å². The van der Waals surface area contributed by atoms with Crippen molar-refractivity contribution in [3.05, 3.63) is 91.9 Å². The molecule has 4 N–H and O–H groups in total. The van der Waals surface area contributed by atoms with Crippen molar-refractivity contribution in [1.29, 1.82) is 0 Å². The zero-order chi connectivity index (χ0) is 35.8. The van der Waals surface area contributed by atoms with E-state index >= 15 is 0 Å². The van der Waals surface area contributed by atoms with Crippen molar-refractivity contribution >= 4 is 51.7 Å². The molecule has 11 nitrogen and oxygen atoms in total. The molecule has 4 heterocycles. The van der Waals surface area contributed by atoms with Crippen LogP contribution in [0.3, 0.4) is 0 Å². The lowest BCUT2D eigenvalue weighted by Crippen LogP contribution is -2.69. The second kappa shape index (κ2) is 14.7. The van der Waals surface area contributed by atoms with E-state index in [1.165, 1.54) is 34.2 Å². The normalized spacial score (nSPS) is 17.2. The number of aliphatic hydroxyl groups is 1. The summed E-state index contributed by atoms with van der Waals surface area (Å²) in [6, 6.07) is 12.5. The van der Waals surface area contributed by atoms with E-state index in [0.717, 1.165) is 40.8 Å². The van der Waals surface area contributed by atoms with Gasteiger partial charge >= 0.3 is 6.18 Å². The summed E-state index contributed by atoms with van der Waals surface area (Å²) in [5, 5.41) is 28.8. The minimum absolute atomic E-state index is 0.110. The Balaban J connectivity index is 1.47. The van der Waals surface area contributed by atoms with Crippen LogP contribution in [0.5, 0.6) is 0 Å². The molecule has 18 heteroatoms. The molecule has 1 atom stereocenters. The molecule has 2 aromatic heterocycles. The molecule has 0 spiro atoms. The number of hydrogen-bond acceptors (Lipinski definition) is 8. The topological polar surface area (TPSA) is 134 Å². The van der Waals surface area contributed by atoms with Gasteiger partial charge in [0.15, 0.2) is 11.4 Å². The fraction of sp³-hybridized carbons (Fsp3) is 0.312. The summed E-state index contributed by atoms with van der Waals surface area (Å²) >= 11 is 11.2. The lowest BCUT2D eigenvalue weighted by atomic mass is 10.1. The number of alkyl halides is 3. The Kier molecular flexibility index (Phi) is 10.7. The van der Waals surface area contributed by atoms with Crippen LogP contribution in [-0.2, 0) is 24.0 Å². The second-order valence-corrected chi connectivity index (χ2v) is 14.6. The molecule has 2 aliphatic rings. The van der Waals surface area contributed by atoms with Gasteiger partial charge in [0, 0.05) is 35.8 Å². The number of amides is 1. The Bertz CT molecular complexity index is 1980. The van der Waals surface area contributed by atoms with E-state index in [9.17, 15) is 37.0 Å². The third kappa shape index (κ3) is 7.92. The number of piperidine rings is 1. The molecule has 2 aliphatic heterocycles.